The Morgan fingerprint density at radius 2 is 1.56 bits per heavy atom. The van der Waals surface area contributed by atoms with Crippen molar-refractivity contribution in [3.8, 4) is 11.1 Å². The minimum absolute atomic E-state index is 0.431. The summed E-state index contributed by atoms with van der Waals surface area (Å²) >= 11 is 0. The first-order valence-electron chi connectivity index (χ1n) is 15.5. The van der Waals surface area contributed by atoms with Crippen molar-refractivity contribution in [3.63, 3.8) is 0 Å². The first-order valence-corrected chi connectivity index (χ1v) is 22.9. The van der Waals surface area contributed by atoms with E-state index in [4.69, 9.17) is 29.3 Å². The molecule has 9 nitrogen and oxygen atoms in total. The van der Waals surface area contributed by atoms with Crippen molar-refractivity contribution in [1.82, 2.24) is 24.5 Å². The summed E-state index contributed by atoms with van der Waals surface area (Å²) < 4.78 is 20.1. The van der Waals surface area contributed by atoms with Crippen LogP contribution in [0, 0.1) is 0 Å². The normalized spacial score (nSPS) is 15.0. The van der Waals surface area contributed by atoms with Crippen molar-refractivity contribution in [2.75, 3.05) is 57.9 Å². The second-order valence-corrected chi connectivity index (χ2v) is 25.2. The van der Waals surface area contributed by atoms with Crippen LogP contribution in [0.5, 0.6) is 0 Å². The number of rotatable bonds is 14. The largest absolute Gasteiger partial charge is 0.379 e. The average molecular weight is 621 g/mol. The van der Waals surface area contributed by atoms with Gasteiger partial charge in [-0.05, 0) is 24.2 Å². The molecule has 232 valence electrons. The number of morpholine rings is 1. The maximum Gasteiger partial charge on any atom is 0.165 e. The molecule has 0 N–H and O–H groups in total. The standard InChI is InChI=1S/C32H48N6O3Si2/c1-42(2,3)17-15-40-24-37(25-41-16-18-43(4,5)6)31-20-28(23-36-11-13-39-14-12-36)35-32-29(22-34-38(31)32)27-19-26-9-7-8-10-30(26)33-21-27/h7-10,19-22H,11-18,23-25H2,1-6H3. The van der Waals surface area contributed by atoms with E-state index in [2.05, 4.69) is 67.3 Å². The molecule has 0 aliphatic carbocycles. The minimum atomic E-state index is -1.21. The Labute approximate surface area is 258 Å². The molecule has 43 heavy (non-hydrogen) atoms. The van der Waals surface area contributed by atoms with Gasteiger partial charge in [-0.3, -0.25) is 9.88 Å². The first-order chi connectivity index (χ1) is 20.6. The Hall–Kier alpha value is -2.68. The summed E-state index contributed by atoms with van der Waals surface area (Å²) in [6, 6.07) is 14.8. The monoisotopic (exact) mass is 620 g/mol. The van der Waals surface area contributed by atoms with Gasteiger partial charge in [-0.2, -0.15) is 9.61 Å². The molecule has 3 aromatic heterocycles. The molecule has 1 saturated heterocycles. The minimum Gasteiger partial charge on any atom is -0.379 e. The Bertz CT molecular complexity index is 1470. The Morgan fingerprint density at radius 3 is 2.23 bits per heavy atom. The van der Waals surface area contributed by atoms with Crippen molar-refractivity contribution in [2.24, 2.45) is 0 Å². The maximum absolute atomic E-state index is 6.29. The lowest BCUT2D eigenvalue weighted by Gasteiger charge is -2.28. The number of nitrogens with zero attached hydrogens (tertiary/aromatic N) is 6. The highest BCUT2D eigenvalue weighted by Gasteiger charge is 2.21. The number of hydrogen-bond donors (Lipinski definition) is 0. The van der Waals surface area contributed by atoms with Gasteiger partial charge in [-0.25, -0.2) is 4.98 Å². The van der Waals surface area contributed by atoms with Gasteiger partial charge < -0.3 is 19.1 Å². The topological polar surface area (TPSA) is 77.2 Å². The summed E-state index contributed by atoms with van der Waals surface area (Å²) in [7, 11) is -2.42. The molecule has 0 saturated carbocycles. The summed E-state index contributed by atoms with van der Waals surface area (Å²) in [5.41, 5.74) is 4.74. The summed E-state index contributed by atoms with van der Waals surface area (Å²) in [6.45, 7) is 20.6. The van der Waals surface area contributed by atoms with E-state index in [1.807, 2.05) is 35.1 Å². The lowest BCUT2D eigenvalue weighted by molar-refractivity contribution is 0.0336. The fourth-order valence-corrected chi connectivity index (χ4v) is 6.50. The van der Waals surface area contributed by atoms with Gasteiger partial charge in [0.15, 0.2) is 5.65 Å². The van der Waals surface area contributed by atoms with Crippen LogP contribution in [-0.2, 0) is 20.8 Å². The summed E-state index contributed by atoms with van der Waals surface area (Å²) in [5.74, 6) is 0.925. The number of ether oxygens (including phenoxy) is 3. The van der Waals surface area contributed by atoms with Gasteiger partial charge in [-0.1, -0.05) is 57.5 Å². The summed E-state index contributed by atoms with van der Waals surface area (Å²) in [5, 5.41) is 5.97. The number of fused-ring (bicyclic) bond motifs is 2. The number of anilines is 1. The maximum atomic E-state index is 6.29. The Balaban J connectivity index is 1.51. The van der Waals surface area contributed by atoms with E-state index in [9.17, 15) is 0 Å². The molecule has 11 heteroatoms. The quantitative estimate of drug-likeness (QED) is 0.0936. The van der Waals surface area contributed by atoms with Gasteiger partial charge in [0.2, 0.25) is 0 Å². The average Bonchev–Trinajstić information content (AvgIpc) is 3.39. The molecule has 0 bridgehead atoms. The molecular formula is C32H48N6O3Si2. The Kier molecular flexibility index (Phi) is 10.3. The molecule has 1 aromatic carbocycles. The first kappa shape index (κ1) is 31.7. The van der Waals surface area contributed by atoms with Crippen molar-refractivity contribution in [3.05, 3.63) is 54.5 Å². The SMILES string of the molecule is C[Si](C)(C)CCOCN(COCC[Si](C)(C)C)c1cc(CN2CCOCC2)nc2c(-c3cnc4ccccc4c3)cnn12. The van der Waals surface area contributed by atoms with Gasteiger partial charge in [0.05, 0.1) is 30.6 Å². The highest BCUT2D eigenvalue weighted by Crippen LogP contribution is 2.29. The van der Waals surface area contributed by atoms with E-state index >= 15 is 0 Å². The predicted molar refractivity (Wildman–Crippen MR) is 180 cm³/mol. The van der Waals surface area contributed by atoms with Crippen molar-refractivity contribution < 1.29 is 14.2 Å². The number of benzene rings is 1. The molecule has 1 fully saturated rings. The molecule has 0 unspecified atom stereocenters. The molecule has 1 aliphatic heterocycles. The van der Waals surface area contributed by atoms with Crippen LogP contribution >= 0.6 is 0 Å². The van der Waals surface area contributed by atoms with Gasteiger partial charge in [0.25, 0.3) is 0 Å². The fraction of sp³-hybridized carbons (Fsp3) is 0.531. The van der Waals surface area contributed by atoms with Crippen LogP contribution in [0.4, 0.5) is 5.82 Å². The predicted octanol–water partition coefficient (Wildman–Crippen LogP) is 6.21. The lowest BCUT2D eigenvalue weighted by Crippen LogP contribution is -2.36. The third kappa shape index (κ3) is 8.93. The highest BCUT2D eigenvalue weighted by atomic mass is 28.3. The van der Waals surface area contributed by atoms with E-state index < -0.39 is 16.1 Å². The van der Waals surface area contributed by atoms with Crippen LogP contribution in [0.25, 0.3) is 27.7 Å². The number of aromatic nitrogens is 4. The zero-order chi connectivity index (χ0) is 30.5. The van der Waals surface area contributed by atoms with Crippen LogP contribution in [0.2, 0.25) is 51.4 Å². The van der Waals surface area contributed by atoms with E-state index in [0.29, 0.717) is 13.5 Å². The van der Waals surface area contributed by atoms with Gasteiger partial charge in [0, 0.05) is 77.8 Å². The molecule has 4 heterocycles. The number of pyridine rings is 1. The number of para-hydroxylation sites is 1. The molecule has 0 radical (unpaired) electrons. The van der Waals surface area contributed by atoms with Crippen molar-refractivity contribution >= 4 is 38.5 Å². The Morgan fingerprint density at radius 1 is 0.884 bits per heavy atom. The molecule has 0 spiro atoms. The van der Waals surface area contributed by atoms with Gasteiger partial charge in [0.1, 0.15) is 19.3 Å². The third-order valence-electron chi connectivity index (χ3n) is 7.71. The van der Waals surface area contributed by atoms with Crippen LogP contribution in [-0.4, -0.2) is 93.6 Å². The van der Waals surface area contributed by atoms with E-state index in [1.165, 1.54) is 0 Å². The smallest absolute Gasteiger partial charge is 0.165 e. The molecule has 5 rings (SSSR count). The molecule has 0 atom stereocenters. The summed E-state index contributed by atoms with van der Waals surface area (Å²) in [6.07, 6.45) is 3.83. The third-order valence-corrected chi connectivity index (χ3v) is 11.1. The zero-order valence-electron chi connectivity index (χ0n) is 26.8. The van der Waals surface area contributed by atoms with Crippen molar-refractivity contribution in [1.29, 1.82) is 0 Å². The van der Waals surface area contributed by atoms with Crippen molar-refractivity contribution in [2.45, 2.75) is 57.9 Å². The molecule has 4 aromatic rings. The second-order valence-electron chi connectivity index (χ2n) is 13.9. The van der Waals surface area contributed by atoms with Gasteiger partial charge in [-0.15, -0.1) is 0 Å². The van der Waals surface area contributed by atoms with Gasteiger partial charge >= 0.3 is 0 Å². The summed E-state index contributed by atoms with van der Waals surface area (Å²) in [4.78, 5) is 14.5. The lowest BCUT2D eigenvalue weighted by atomic mass is 10.1. The molecular weight excluding hydrogens is 573 g/mol. The fourth-order valence-electron chi connectivity index (χ4n) is 4.99. The van der Waals surface area contributed by atoms with E-state index in [0.717, 1.165) is 97.3 Å². The zero-order valence-corrected chi connectivity index (χ0v) is 28.8. The molecule has 1 aliphatic rings. The van der Waals surface area contributed by atoms with E-state index in [-0.39, 0.29) is 0 Å². The second kappa shape index (κ2) is 14.0. The molecule has 0 amide bonds. The highest BCUT2D eigenvalue weighted by molar-refractivity contribution is 6.76. The van der Waals surface area contributed by atoms with Crippen LogP contribution in [0.3, 0.4) is 0 Å². The number of hydrogen-bond acceptors (Lipinski definition) is 8. The van der Waals surface area contributed by atoms with Crippen LogP contribution in [0.1, 0.15) is 5.69 Å². The van der Waals surface area contributed by atoms with Crippen LogP contribution < -0.4 is 4.90 Å². The van der Waals surface area contributed by atoms with E-state index in [1.54, 1.807) is 0 Å². The van der Waals surface area contributed by atoms with Crippen LogP contribution in [0.15, 0.2) is 48.8 Å².